The molecule has 0 bridgehead atoms. The fourth-order valence-corrected chi connectivity index (χ4v) is 12.5. The van der Waals surface area contributed by atoms with Gasteiger partial charge in [-0.15, -0.1) is 0 Å². The van der Waals surface area contributed by atoms with E-state index in [1.54, 1.807) is 12.1 Å². The van der Waals surface area contributed by atoms with Crippen molar-refractivity contribution in [1.29, 1.82) is 10.5 Å². The molecule has 4 nitrogen and oxygen atoms in total. The fraction of sp³-hybridized carbons (Fsp3) is 0.206. The van der Waals surface area contributed by atoms with E-state index in [9.17, 15) is 5.26 Å². The van der Waals surface area contributed by atoms with Crippen molar-refractivity contribution in [3.63, 3.8) is 0 Å². The Kier molecular flexibility index (Phi) is 12.6. The van der Waals surface area contributed by atoms with Gasteiger partial charge in [-0.3, -0.25) is 0 Å². The Morgan fingerprint density at radius 1 is 0.348 bits per heavy atom. The van der Waals surface area contributed by atoms with E-state index in [0.717, 1.165) is 26.7 Å². The molecule has 0 spiro atoms. The fourth-order valence-electron chi connectivity index (χ4n) is 11.2. The van der Waals surface area contributed by atoms with Gasteiger partial charge in [-0.05, 0) is 206 Å². The number of halogens is 2. The van der Waals surface area contributed by atoms with Crippen LogP contribution in [0.25, 0.3) is 66.1 Å². The van der Waals surface area contributed by atoms with E-state index in [-0.39, 0.29) is 0 Å². The lowest BCUT2D eigenvalue weighted by atomic mass is 9.98. The van der Waals surface area contributed by atoms with E-state index in [1.807, 2.05) is 24.3 Å². The molecule has 6 heteroatoms. The molecule has 2 aromatic heterocycles. The average molecular weight is 1030 g/mol. The van der Waals surface area contributed by atoms with Crippen LogP contribution in [0.3, 0.4) is 0 Å². The van der Waals surface area contributed by atoms with Gasteiger partial charge < -0.3 is 9.13 Å². The monoisotopic (exact) mass is 1030 g/mol. The summed E-state index contributed by atoms with van der Waals surface area (Å²) in [6.07, 6.45) is 1.11. The first-order chi connectivity index (χ1) is 32.8. The third-order valence-electron chi connectivity index (χ3n) is 13.7. The minimum absolute atomic E-state index is 0.650. The molecular weight excluding hydrogens is 973 g/mol. The van der Waals surface area contributed by atoms with E-state index in [4.69, 9.17) is 5.26 Å². The van der Waals surface area contributed by atoms with Crippen LogP contribution in [0.4, 0.5) is 0 Å². The number of benzene rings is 8. The number of nitrogens with zero attached hydrogens (tertiary/aromatic N) is 4. The first-order valence-electron chi connectivity index (χ1n) is 23.5. The number of fused-ring (bicyclic) bond motifs is 9. The molecular formula is C63H56Br2N4. The van der Waals surface area contributed by atoms with E-state index in [2.05, 4.69) is 209 Å². The average Bonchev–Trinajstić information content (AvgIpc) is 3.92. The van der Waals surface area contributed by atoms with Gasteiger partial charge in [-0.1, -0.05) is 114 Å². The molecule has 2 heterocycles. The molecule has 0 saturated carbocycles. The molecule has 0 amide bonds. The predicted molar refractivity (Wildman–Crippen MR) is 298 cm³/mol. The number of hydrogen-bond donors (Lipinski definition) is 0. The molecule has 1 aliphatic rings. The Labute approximate surface area is 423 Å². The molecule has 0 radical (unpaired) electrons. The Morgan fingerprint density at radius 2 is 0.638 bits per heavy atom. The van der Waals surface area contributed by atoms with Crippen molar-refractivity contribution < 1.29 is 0 Å². The molecule has 1 aliphatic carbocycles. The van der Waals surface area contributed by atoms with Crippen molar-refractivity contribution in [2.45, 2.75) is 89.5 Å². The zero-order valence-electron chi connectivity index (χ0n) is 41.6. The first kappa shape index (κ1) is 47.4. The molecule has 0 unspecified atom stereocenters. The molecule has 11 rings (SSSR count). The van der Waals surface area contributed by atoms with Crippen LogP contribution < -0.4 is 0 Å². The zero-order valence-corrected chi connectivity index (χ0v) is 44.8. The summed E-state index contributed by atoms with van der Waals surface area (Å²) < 4.78 is 6.61. The van der Waals surface area contributed by atoms with Gasteiger partial charge in [0, 0.05) is 41.9 Å². The minimum atomic E-state index is 0.650. The van der Waals surface area contributed by atoms with Crippen molar-refractivity contribution in [3.8, 4) is 34.6 Å². The molecule has 0 atom stereocenters. The summed E-state index contributed by atoms with van der Waals surface area (Å²) in [4.78, 5) is 0. The maximum absolute atomic E-state index is 10.3. The Balaban J connectivity index is 0.000000178. The van der Waals surface area contributed by atoms with Gasteiger partial charge in [0.1, 0.15) is 0 Å². The highest BCUT2D eigenvalue weighted by Gasteiger charge is 2.23. The van der Waals surface area contributed by atoms with Gasteiger partial charge in [0.15, 0.2) is 0 Å². The number of aromatic nitrogens is 2. The standard InChI is InChI=1S/C39H35N3.C17H18.C7H3Br2N/c1-21-9-25(5)36-32(13-21)33-14-22(2)10-26(6)37(33)41(36)30-17-29(20-40)18-31(19-30)42-38-27(7)11-23(3)15-34(38)35-16-24(4)12-28(8)39(35)42;1-10-5-12(3)14-9-15-13(4)6-11(2)8-17(15)16(14)7-10;8-6-1-5(4-10)2-7(9)3-6/h9-19H,1-8H3;5-8H,9H2,1-4H3;1-3H. The predicted octanol–water partition coefficient (Wildman–Crippen LogP) is 17.8. The lowest BCUT2D eigenvalue weighted by molar-refractivity contribution is 1.11. The second-order valence-electron chi connectivity index (χ2n) is 19.6. The topological polar surface area (TPSA) is 57.4 Å². The molecule has 0 aliphatic heterocycles. The molecule has 69 heavy (non-hydrogen) atoms. The van der Waals surface area contributed by atoms with Gasteiger partial charge in [-0.2, -0.15) is 10.5 Å². The van der Waals surface area contributed by atoms with Gasteiger partial charge in [0.05, 0.1) is 45.3 Å². The summed E-state index contributed by atoms with van der Waals surface area (Å²) >= 11 is 6.55. The third kappa shape index (κ3) is 8.71. The minimum Gasteiger partial charge on any atom is -0.309 e. The molecule has 0 saturated heterocycles. The van der Waals surface area contributed by atoms with Crippen LogP contribution in [0, 0.1) is 106 Å². The molecule has 0 N–H and O–H groups in total. The molecule has 8 aromatic carbocycles. The normalized spacial score (nSPS) is 11.5. The summed E-state index contributed by atoms with van der Waals surface area (Å²) in [6, 6.07) is 43.9. The van der Waals surface area contributed by atoms with Gasteiger partial charge >= 0.3 is 0 Å². The summed E-state index contributed by atoms with van der Waals surface area (Å²) in [6.45, 7) is 26.3. The molecule has 0 fully saturated rings. The Morgan fingerprint density at radius 3 is 0.957 bits per heavy atom. The smallest absolute Gasteiger partial charge is 0.0993 e. The number of aryl methyl sites for hydroxylation is 12. The highest BCUT2D eigenvalue weighted by molar-refractivity contribution is 9.11. The maximum Gasteiger partial charge on any atom is 0.0993 e. The first-order valence-corrected chi connectivity index (χ1v) is 25.1. The third-order valence-corrected chi connectivity index (χ3v) is 14.6. The maximum atomic E-state index is 10.3. The second kappa shape index (κ2) is 18.3. The highest BCUT2D eigenvalue weighted by atomic mass is 79.9. The van der Waals surface area contributed by atoms with Crippen LogP contribution in [0.15, 0.2) is 118 Å². The van der Waals surface area contributed by atoms with Crippen LogP contribution in [0.2, 0.25) is 0 Å². The van der Waals surface area contributed by atoms with Crippen LogP contribution >= 0.6 is 31.9 Å². The summed E-state index contributed by atoms with van der Waals surface area (Å²) in [5.41, 5.74) is 29.7. The van der Waals surface area contributed by atoms with Crippen LogP contribution in [0.1, 0.15) is 89.0 Å². The number of nitriles is 2. The molecule has 10 aromatic rings. The van der Waals surface area contributed by atoms with Gasteiger partial charge in [0.2, 0.25) is 0 Å². The van der Waals surface area contributed by atoms with Gasteiger partial charge in [-0.25, -0.2) is 0 Å². The van der Waals surface area contributed by atoms with Gasteiger partial charge in [0.25, 0.3) is 0 Å². The Hall–Kier alpha value is -6.70. The zero-order chi connectivity index (χ0) is 49.3. The lowest BCUT2D eigenvalue weighted by Crippen LogP contribution is -2.03. The van der Waals surface area contributed by atoms with E-state index >= 15 is 0 Å². The largest absolute Gasteiger partial charge is 0.309 e. The Bertz CT molecular complexity index is 3520. The van der Waals surface area contributed by atoms with Crippen LogP contribution in [0.5, 0.6) is 0 Å². The summed E-state index contributed by atoms with van der Waals surface area (Å²) in [5.74, 6) is 0. The van der Waals surface area contributed by atoms with Crippen LogP contribution in [-0.2, 0) is 6.42 Å². The van der Waals surface area contributed by atoms with Crippen LogP contribution in [-0.4, -0.2) is 9.13 Å². The summed E-state index contributed by atoms with van der Waals surface area (Å²) in [7, 11) is 0. The van der Waals surface area contributed by atoms with Crippen molar-refractivity contribution >= 4 is 75.5 Å². The number of rotatable bonds is 2. The second-order valence-corrected chi connectivity index (χ2v) is 21.4. The van der Waals surface area contributed by atoms with Crippen molar-refractivity contribution in [2.75, 3.05) is 0 Å². The van der Waals surface area contributed by atoms with E-state index < -0.39 is 0 Å². The van der Waals surface area contributed by atoms with E-state index in [0.29, 0.717) is 11.1 Å². The summed E-state index contributed by atoms with van der Waals surface area (Å²) in [5, 5.41) is 23.9. The molecule has 342 valence electrons. The SMILES string of the molecule is Cc1cc(C)c2c(c1)-c1cc(C)cc(C)c1C2.Cc1cc(C)c2c(c1)c1cc(C)cc(C)c1n2-c1cc(C#N)cc(-n2c3c(C)cc(C)cc3c3cc(C)cc(C)c32)c1.N#Cc1cc(Br)cc(Br)c1. The lowest BCUT2D eigenvalue weighted by Gasteiger charge is -2.16. The van der Waals surface area contributed by atoms with Crippen molar-refractivity contribution in [2.24, 2.45) is 0 Å². The van der Waals surface area contributed by atoms with Crippen molar-refractivity contribution in [1.82, 2.24) is 9.13 Å². The van der Waals surface area contributed by atoms with Crippen molar-refractivity contribution in [3.05, 3.63) is 207 Å². The highest BCUT2D eigenvalue weighted by Crippen LogP contribution is 2.43. The quantitative estimate of drug-likeness (QED) is 0.173. The number of hydrogen-bond acceptors (Lipinski definition) is 2. The van der Waals surface area contributed by atoms with E-state index in [1.165, 1.54) is 133 Å².